The Labute approximate surface area is 89.6 Å². The molecule has 1 heterocycles. The normalized spacial score (nSPS) is 28.1. The minimum atomic E-state index is -0.879. The van der Waals surface area contributed by atoms with Gasteiger partial charge >= 0.3 is 5.97 Å². The van der Waals surface area contributed by atoms with Crippen LogP contribution in [-0.2, 0) is 9.53 Å². The first kappa shape index (κ1) is 12.4. The van der Waals surface area contributed by atoms with Gasteiger partial charge in [-0.05, 0) is 13.8 Å². The number of aliphatic hydroxyl groups is 2. The zero-order valence-corrected chi connectivity index (χ0v) is 9.43. The third kappa shape index (κ3) is 3.44. The second kappa shape index (κ2) is 4.47. The quantitative estimate of drug-likeness (QED) is 0.616. The van der Waals surface area contributed by atoms with Gasteiger partial charge in [0.25, 0.3) is 0 Å². The van der Waals surface area contributed by atoms with E-state index in [0.717, 1.165) is 0 Å². The van der Waals surface area contributed by atoms with Crippen molar-refractivity contribution in [2.75, 3.05) is 20.2 Å². The van der Waals surface area contributed by atoms with E-state index in [-0.39, 0.29) is 5.97 Å². The minimum absolute atomic E-state index is 0.351. The summed E-state index contributed by atoms with van der Waals surface area (Å²) in [6.07, 6.45) is -0.139. The summed E-state index contributed by atoms with van der Waals surface area (Å²) in [6.45, 7) is 4.10. The molecule has 1 saturated heterocycles. The predicted octanol–water partition coefficient (Wildman–Crippen LogP) is -0.635. The van der Waals surface area contributed by atoms with Crippen LogP contribution in [0.3, 0.4) is 0 Å². The van der Waals surface area contributed by atoms with E-state index in [1.807, 2.05) is 0 Å². The SMILES string of the molecule is COC(=O)C1CC(O)CN1CC(C)(C)O. The molecule has 2 atom stereocenters. The lowest BCUT2D eigenvalue weighted by molar-refractivity contribution is -0.146. The first-order chi connectivity index (χ1) is 6.83. The number of likely N-dealkylation sites (tertiary alicyclic amines) is 1. The molecule has 0 bridgehead atoms. The number of esters is 1. The summed E-state index contributed by atoms with van der Waals surface area (Å²) in [5.41, 5.74) is -0.879. The molecule has 0 aromatic heterocycles. The smallest absolute Gasteiger partial charge is 0.323 e. The van der Waals surface area contributed by atoms with Gasteiger partial charge in [0.1, 0.15) is 6.04 Å². The first-order valence-corrected chi connectivity index (χ1v) is 5.06. The molecule has 1 fully saturated rings. The molecule has 88 valence electrons. The number of carbonyl (C=O) groups excluding carboxylic acids is 1. The number of hydrogen-bond acceptors (Lipinski definition) is 5. The maximum absolute atomic E-state index is 11.4. The van der Waals surface area contributed by atoms with Crippen LogP contribution in [-0.4, -0.2) is 59.0 Å². The van der Waals surface area contributed by atoms with Crippen LogP contribution in [0.2, 0.25) is 0 Å². The molecule has 0 aliphatic carbocycles. The molecule has 0 spiro atoms. The van der Waals surface area contributed by atoms with Crippen molar-refractivity contribution < 1.29 is 19.7 Å². The van der Waals surface area contributed by atoms with Gasteiger partial charge in [-0.25, -0.2) is 0 Å². The van der Waals surface area contributed by atoms with Gasteiger partial charge < -0.3 is 14.9 Å². The number of carbonyl (C=O) groups is 1. The zero-order chi connectivity index (χ0) is 11.6. The summed E-state index contributed by atoms with van der Waals surface area (Å²) in [5, 5.41) is 19.1. The summed E-state index contributed by atoms with van der Waals surface area (Å²) in [4.78, 5) is 13.2. The standard InChI is InChI=1S/C10H19NO4/c1-10(2,14)6-11-5-7(12)4-8(11)9(13)15-3/h7-8,12,14H,4-6H2,1-3H3. The largest absolute Gasteiger partial charge is 0.468 e. The van der Waals surface area contributed by atoms with Crippen LogP contribution in [0.4, 0.5) is 0 Å². The molecule has 5 heteroatoms. The van der Waals surface area contributed by atoms with Gasteiger partial charge in [-0.3, -0.25) is 9.69 Å². The maximum Gasteiger partial charge on any atom is 0.323 e. The van der Waals surface area contributed by atoms with Gasteiger partial charge in [-0.1, -0.05) is 0 Å². The number of rotatable bonds is 3. The molecule has 0 saturated carbocycles. The molecule has 0 aromatic rings. The van der Waals surface area contributed by atoms with Crippen LogP contribution >= 0.6 is 0 Å². The van der Waals surface area contributed by atoms with Crippen LogP contribution in [0.1, 0.15) is 20.3 Å². The highest BCUT2D eigenvalue weighted by Crippen LogP contribution is 2.21. The lowest BCUT2D eigenvalue weighted by Crippen LogP contribution is -2.44. The number of ether oxygens (including phenoxy) is 1. The Morgan fingerprint density at radius 2 is 2.20 bits per heavy atom. The van der Waals surface area contributed by atoms with E-state index in [1.165, 1.54) is 7.11 Å². The Morgan fingerprint density at radius 3 is 2.67 bits per heavy atom. The molecule has 2 unspecified atom stereocenters. The number of hydrogen-bond donors (Lipinski definition) is 2. The van der Waals surface area contributed by atoms with Crippen molar-refractivity contribution in [1.82, 2.24) is 4.90 Å². The van der Waals surface area contributed by atoms with E-state index >= 15 is 0 Å². The van der Waals surface area contributed by atoms with Crippen molar-refractivity contribution in [3.05, 3.63) is 0 Å². The maximum atomic E-state index is 11.4. The average Bonchev–Trinajstić information content (AvgIpc) is 2.42. The average molecular weight is 217 g/mol. The monoisotopic (exact) mass is 217 g/mol. The van der Waals surface area contributed by atoms with E-state index in [9.17, 15) is 15.0 Å². The topological polar surface area (TPSA) is 70.0 Å². The number of methoxy groups -OCH3 is 1. The minimum Gasteiger partial charge on any atom is -0.468 e. The van der Waals surface area contributed by atoms with E-state index < -0.39 is 17.7 Å². The molecule has 1 aliphatic heterocycles. The fourth-order valence-electron chi connectivity index (χ4n) is 1.93. The predicted molar refractivity (Wildman–Crippen MR) is 54.3 cm³/mol. The Kier molecular flexibility index (Phi) is 3.70. The lowest BCUT2D eigenvalue weighted by Gasteiger charge is -2.28. The summed E-state index contributed by atoms with van der Waals surface area (Å²) < 4.78 is 4.65. The van der Waals surface area contributed by atoms with E-state index in [2.05, 4.69) is 4.74 Å². The number of aliphatic hydroxyl groups excluding tert-OH is 1. The highest BCUT2D eigenvalue weighted by Gasteiger charge is 2.38. The third-order valence-electron chi connectivity index (χ3n) is 2.44. The van der Waals surface area contributed by atoms with Gasteiger partial charge in [0, 0.05) is 19.5 Å². The molecule has 1 aliphatic rings. The highest BCUT2D eigenvalue weighted by atomic mass is 16.5. The van der Waals surface area contributed by atoms with Crippen molar-refractivity contribution in [2.45, 2.75) is 38.0 Å². The van der Waals surface area contributed by atoms with Crippen LogP contribution in [0, 0.1) is 0 Å². The van der Waals surface area contributed by atoms with Gasteiger partial charge in [0.2, 0.25) is 0 Å². The van der Waals surface area contributed by atoms with Gasteiger partial charge in [0.05, 0.1) is 18.8 Å². The third-order valence-corrected chi connectivity index (χ3v) is 2.44. The van der Waals surface area contributed by atoms with Crippen LogP contribution < -0.4 is 0 Å². The molecule has 0 aromatic carbocycles. The summed E-state index contributed by atoms with van der Waals surface area (Å²) in [6, 6.07) is -0.434. The summed E-state index contributed by atoms with van der Waals surface area (Å²) in [5.74, 6) is -0.351. The first-order valence-electron chi connectivity index (χ1n) is 5.06. The lowest BCUT2D eigenvalue weighted by atomic mass is 10.1. The van der Waals surface area contributed by atoms with Crippen LogP contribution in [0.15, 0.2) is 0 Å². The molecule has 15 heavy (non-hydrogen) atoms. The summed E-state index contributed by atoms with van der Waals surface area (Å²) in [7, 11) is 1.33. The zero-order valence-electron chi connectivity index (χ0n) is 9.43. The Bertz CT molecular complexity index is 236. The van der Waals surface area contributed by atoms with Crippen molar-refractivity contribution in [3.63, 3.8) is 0 Å². The number of β-amino-alcohol motifs (C(OH)–C–C–N with tert-alkyl or cyclic N) is 2. The second-order valence-electron chi connectivity index (χ2n) is 4.67. The summed E-state index contributed by atoms with van der Waals surface area (Å²) >= 11 is 0. The van der Waals surface area contributed by atoms with Crippen molar-refractivity contribution >= 4 is 5.97 Å². The van der Waals surface area contributed by atoms with Gasteiger partial charge in [-0.2, -0.15) is 0 Å². The highest BCUT2D eigenvalue weighted by molar-refractivity contribution is 5.76. The molecular formula is C10H19NO4. The second-order valence-corrected chi connectivity index (χ2v) is 4.67. The molecule has 0 amide bonds. The van der Waals surface area contributed by atoms with Crippen LogP contribution in [0.25, 0.3) is 0 Å². The van der Waals surface area contributed by atoms with Crippen molar-refractivity contribution in [2.24, 2.45) is 0 Å². The molecule has 2 N–H and O–H groups in total. The van der Waals surface area contributed by atoms with Crippen molar-refractivity contribution in [3.8, 4) is 0 Å². The molecule has 0 radical (unpaired) electrons. The molecular weight excluding hydrogens is 198 g/mol. The van der Waals surface area contributed by atoms with Crippen molar-refractivity contribution in [1.29, 1.82) is 0 Å². The number of nitrogens with zero attached hydrogens (tertiary/aromatic N) is 1. The fraction of sp³-hybridized carbons (Fsp3) is 0.900. The molecule has 5 nitrogen and oxygen atoms in total. The van der Waals surface area contributed by atoms with E-state index in [4.69, 9.17) is 0 Å². The van der Waals surface area contributed by atoms with Crippen LogP contribution in [0.5, 0.6) is 0 Å². The fourth-order valence-corrected chi connectivity index (χ4v) is 1.93. The Balaban J connectivity index is 2.65. The van der Waals surface area contributed by atoms with Gasteiger partial charge in [0.15, 0.2) is 0 Å². The van der Waals surface area contributed by atoms with Gasteiger partial charge in [-0.15, -0.1) is 0 Å². The van der Waals surface area contributed by atoms with E-state index in [0.29, 0.717) is 19.5 Å². The Hall–Kier alpha value is -0.650. The molecule has 1 rings (SSSR count). The van der Waals surface area contributed by atoms with E-state index in [1.54, 1.807) is 18.7 Å². The Morgan fingerprint density at radius 1 is 1.60 bits per heavy atom.